The highest BCUT2D eigenvalue weighted by molar-refractivity contribution is 6.07. The molecule has 0 bridgehead atoms. The van der Waals surface area contributed by atoms with Crippen molar-refractivity contribution >= 4 is 23.2 Å². The molecule has 0 aliphatic heterocycles. The molecule has 5 heteroatoms. The van der Waals surface area contributed by atoms with Crippen LogP contribution in [0.15, 0.2) is 72.8 Å². The van der Waals surface area contributed by atoms with E-state index in [1.165, 1.54) is 0 Å². The topological polar surface area (TPSA) is 61.4 Å². The summed E-state index contributed by atoms with van der Waals surface area (Å²) in [5.74, 6) is -0.388. The summed E-state index contributed by atoms with van der Waals surface area (Å²) >= 11 is 0. The van der Waals surface area contributed by atoms with Crippen molar-refractivity contribution in [1.29, 1.82) is 0 Å². The van der Waals surface area contributed by atoms with E-state index in [1.807, 2.05) is 80.5 Å². The summed E-state index contributed by atoms with van der Waals surface area (Å²) in [6, 6.07) is 22.5. The fourth-order valence-electron chi connectivity index (χ4n) is 3.09. The third-order valence-electron chi connectivity index (χ3n) is 4.67. The molecular formula is C24H25N3O2. The van der Waals surface area contributed by atoms with Crippen LogP contribution in [0.3, 0.4) is 0 Å². The van der Waals surface area contributed by atoms with Crippen LogP contribution >= 0.6 is 0 Å². The molecule has 3 aromatic rings. The second kappa shape index (κ2) is 9.06. The monoisotopic (exact) mass is 387 g/mol. The lowest BCUT2D eigenvalue weighted by Gasteiger charge is -2.19. The SMILES string of the molecule is Cc1ccccc1C(=O)Nc1ccc(N(C)C)c(C(=O)NCc2ccccc2)c1. The zero-order valence-electron chi connectivity index (χ0n) is 16.9. The minimum Gasteiger partial charge on any atom is -0.377 e. The number of nitrogens with one attached hydrogen (secondary N) is 2. The number of benzene rings is 3. The summed E-state index contributed by atoms with van der Waals surface area (Å²) in [4.78, 5) is 27.4. The lowest BCUT2D eigenvalue weighted by Crippen LogP contribution is -2.25. The van der Waals surface area contributed by atoms with E-state index in [1.54, 1.807) is 18.2 Å². The zero-order chi connectivity index (χ0) is 20.8. The molecule has 3 rings (SSSR count). The van der Waals surface area contributed by atoms with Crippen molar-refractivity contribution in [1.82, 2.24) is 5.32 Å². The van der Waals surface area contributed by atoms with Gasteiger partial charge < -0.3 is 15.5 Å². The van der Waals surface area contributed by atoms with Gasteiger partial charge in [-0.2, -0.15) is 0 Å². The van der Waals surface area contributed by atoms with Crippen molar-refractivity contribution in [3.63, 3.8) is 0 Å². The first kappa shape index (κ1) is 20.1. The molecule has 148 valence electrons. The maximum atomic E-state index is 12.9. The van der Waals surface area contributed by atoms with E-state index in [2.05, 4.69) is 10.6 Å². The third kappa shape index (κ3) is 5.02. The molecule has 0 aliphatic carbocycles. The van der Waals surface area contributed by atoms with Crippen LogP contribution in [0.2, 0.25) is 0 Å². The Labute approximate surface area is 171 Å². The zero-order valence-corrected chi connectivity index (χ0v) is 16.9. The molecule has 0 aliphatic rings. The van der Waals surface area contributed by atoms with Crippen LogP contribution < -0.4 is 15.5 Å². The smallest absolute Gasteiger partial charge is 0.255 e. The predicted molar refractivity (Wildman–Crippen MR) is 118 cm³/mol. The van der Waals surface area contributed by atoms with Gasteiger partial charge in [-0.25, -0.2) is 0 Å². The molecule has 2 N–H and O–H groups in total. The van der Waals surface area contributed by atoms with Crippen molar-refractivity contribution < 1.29 is 9.59 Å². The summed E-state index contributed by atoms with van der Waals surface area (Å²) < 4.78 is 0. The number of carbonyl (C=O) groups excluding carboxylic acids is 2. The van der Waals surface area contributed by atoms with E-state index in [-0.39, 0.29) is 11.8 Å². The van der Waals surface area contributed by atoms with Gasteiger partial charge in [0.25, 0.3) is 11.8 Å². The van der Waals surface area contributed by atoms with Crippen molar-refractivity contribution in [2.75, 3.05) is 24.3 Å². The first-order valence-corrected chi connectivity index (χ1v) is 9.46. The average Bonchev–Trinajstić information content (AvgIpc) is 2.72. The van der Waals surface area contributed by atoms with Gasteiger partial charge in [0.05, 0.1) is 5.56 Å². The Kier molecular flexibility index (Phi) is 6.29. The standard InChI is InChI=1S/C24H25N3O2/c1-17-9-7-8-12-20(17)24(29)26-19-13-14-22(27(2)3)21(15-19)23(28)25-16-18-10-5-4-6-11-18/h4-15H,16H2,1-3H3,(H,25,28)(H,26,29). The van der Waals surface area contributed by atoms with Gasteiger partial charge in [0.1, 0.15) is 0 Å². The number of rotatable bonds is 6. The number of hydrogen-bond donors (Lipinski definition) is 2. The Morgan fingerprint density at radius 3 is 2.21 bits per heavy atom. The molecule has 5 nitrogen and oxygen atoms in total. The van der Waals surface area contributed by atoms with Crippen LogP contribution in [0, 0.1) is 6.92 Å². The highest BCUT2D eigenvalue weighted by Gasteiger charge is 2.16. The van der Waals surface area contributed by atoms with Gasteiger partial charge in [-0.05, 0) is 42.3 Å². The third-order valence-corrected chi connectivity index (χ3v) is 4.67. The molecule has 0 saturated heterocycles. The van der Waals surface area contributed by atoms with Gasteiger partial charge >= 0.3 is 0 Å². The highest BCUT2D eigenvalue weighted by atomic mass is 16.2. The summed E-state index contributed by atoms with van der Waals surface area (Å²) in [5, 5.41) is 5.85. The van der Waals surface area contributed by atoms with Gasteiger partial charge in [0.2, 0.25) is 0 Å². The maximum Gasteiger partial charge on any atom is 0.255 e. The second-order valence-electron chi connectivity index (χ2n) is 7.06. The van der Waals surface area contributed by atoms with E-state index in [4.69, 9.17) is 0 Å². The van der Waals surface area contributed by atoms with Crippen LogP contribution in [-0.4, -0.2) is 25.9 Å². The second-order valence-corrected chi connectivity index (χ2v) is 7.06. The molecule has 0 radical (unpaired) electrons. The van der Waals surface area contributed by atoms with Crippen molar-refractivity contribution in [2.45, 2.75) is 13.5 Å². The molecular weight excluding hydrogens is 362 g/mol. The number of aryl methyl sites for hydroxylation is 1. The molecule has 2 amide bonds. The lowest BCUT2D eigenvalue weighted by atomic mass is 10.1. The Morgan fingerprint density at radius 2 is 1.52 bits per heavy atom. The fraction of sp³-hybridized carbons (Fsp3) is 0.167. The molecule has 0 spiro atoms. The Hall–Kier alpha value is -3.60. The molecule has 0 saturated carbocycles. The van der Waals surface area contributed by atoms with Crippen molar-refractivity contribution in [3.8, 4) is 0 Å². The fourth-order valence-corrected chi connectivity index (χ4v) is 3.09. The van der Waals surface area contributed by atoms with Crippen LogP contribution in [0.25, 0.3) is 0 Å². The molecule has 0 unspecified atom stereocenters. The van der Waals surface area contributed by atoms with E-state index >= 15 is 0 Å². The highest BCUT2D eigenvalue weighted by Crippen LogP contribution is 2.24. The minimum atomic E-state index is -0.198. The van der Waals surface area contributed by atoms with Crippen LogP contribution in [0.4, 0.5) is 11.4 Å². The summed E-state index contributed by atoms with van der Waals surface area (Å²) in [7, 11) is 3.77. The number of nitrogens with zero attached hydrogens (tertiary/aromatic N) is 1. The van der Waals surface area contributed by atoms with Crippen LogP contribution in [0.5, 0.6) is 0 Å². The Morgan fingerprint density at radius 1 is 0.828 bits per heavy atom. The number of anilines is 2. The van der Waals surface area contributed by atoms with Crippen molar-refractivity contribution in [2.24, 2.45) is 0 Å². The number of amides is 2. The molecule has 0 atom stereocenters. The van der Waals surface area contributed by atoms with Gasteiger partial charge in [-0.15, -0.1) is 0 Å². The summed E-state index contributed by atoms with van der Waals surface area (Å²) in [6.45, 7) is 2.33. The van der Waals surface area contributed by atoms with E-state index in [0.29, 0.717) is 23.4 Å². The van der Waals surface area contributed by atoms with E-state index in [9.17, 15) is 9.59 Å². The first-order chi connectivity index (χ1) is 14.0. The largest absolute Gasteiger partial charge is 0.377 e. The number of carbonyl (C=O) groups is 2. The molecule has 0 fully saturated rings. The first-order valence-electron chi connectivity index (χ1n) is 9.46. The quantitative estimate of drug-likeness (QED) is 0.665. The summed E-state index contributed by atoms with van der Waals surface area (Å²) in [5.41, 5.74) is 4.40. The number of hydrogen-bond acceptors (Lipinski definition) is 3. The normalized spacial score (nSPS) is 10.3. The van der Waals surface area contributed by atoms with Gasteiger partial charge in [0.15, 0.2) is 0 Å². The lowest BCUT2D eigenvalue weighted by molar-refractivity contribution is 0.0950. The molecule has 29 heavy (non-hydrogen) atoms. The van der Waals surface area contributed by atoms with Gasteiger partial charge in [-0.1, -0.05) is 48.5 Å². The summed E-state index contributed by atoms with van der Waals surface area (Å²) in [6.07, 6.45) is 0. The van der Waals surface area contributed by atoms with E-state index < -0.39 is 0 Å². The van der Waals surface area contributed by atoms with Crippen LogP contribution in [-0.2, 0) is 6.54 Å². The molecule has 0 heterocycles. The van der Waals surface area contributed by atoms with Crippen molar-refractivity contribution in [3.05, 3.63) is 95.1 Å². The predicted octanol–water partition coefficient (Wildman–Crippen LogP) is 4.24. The Balaban J connectivity index is 1.81. The Bertz CT molecular complexity index is 1010. The molecule has 0 aromatic heterocycles. The van der Waals surface area contributed by atoms with E-state index in [0.717, 1.165) is 16.8 Å². The molecule has 3 aromatic carbocycles. The van der Waals surface area contributed by atoms with Gasteiger partial charge in [-0.3, -0.25) is 9.59 Å². The average molecular weight is 387 g/mol. The van der Waals surface area contributed by atoms with Crippen LogP contribution in [0.1, 0.15) is 31.8 Å². The maximum absolute atomic E-state index is 12.9. The van der Waals surface area contributed by atoms with Gasteiger partial charge in [0, 0.05) is 37.6 Å². The minimum absolute atomic E-state index is 0.190.